The molecule has 0 amide bonds. The van der Waals surface area contributed by atoms with E-state index < -0.39 is 0 Å². The summed E-state index contributed by atoms with van der Waals surface area (Å²) < 4.78 is 5.04. The van der Waals surface area contributed by atoms with E-state index in [1.54, 1.807) is 0 Å². The predicted octanol–water partition coefficient (Wildman–Crippen LogP) is 3.42. The van der Waals surface area contributed by atoms with Gasteiger partial charge in [-0.2, -0.15) is 4.98 Å². The molecule has 0 spiro atoms. The van der Waals surface area contributed by atoms with Crippen LogP contribution in [0.2, 0.25) is 0 Å². The van der Waals surface area contributed by atoms with Crippen LogP contribution in [-0.2, 0) is 12.8 Å². The molecule has 94 valence electrons. The zero-order valence-electron chi connectivity index (χ0n) is 11.1. The minimum absolute atomic E-state index is 0.616. The summed E-state index contributed by atoms with van der Waals surface area (Å²) in [7, 11) is 0. The number of benzene rings is 1. The Labute approximate surface area is 107 Å². The minimum Gasteiger partial charge on any atom is -0.339 e. The number of aromatic nitrogens is 2. The standard InChI is InChI=1S/C15H18N2O/c1-9(2)13-6-11-4-5-12(7-14(11)8-13)15-16-10(3)18-17-15/h4-5,7,9,13H,6,8H2,1-3H3. The molecular weight excluding hydrogens is 224 g/mol. The third-order valence-corrected chi connectivity index (χ3v) is 3.90. The highest BCUT2D eigenvalue weighted by Gasteiger charge is 2.24. The first-order valence-corrected chi connectivity index (χ1v) is 6.56. The highest BCUT2D eigenvalue weighted by molar-refractivity contribution is 5.57. The number of rotatable bonds is 2. The molecule has 3 nitrogen and oxygen atoms in total. The molecule has 1 aliphatic rings. The molecule has 0 radical (unpaired) electrons. The summed E-state index contributed by atoms with van der Waals surface area (Å²) >= 11 is 0. The first-order valence-electron chi connectivity index (χ1n) is 6.56. The summed E-state index contributed by atoms with van der Waals surface area (Å²) in [6.07, 6.45) is 2.39. The van der Waals surface area contributed by atoms with Crippen LogP contribution in [0, 0.1) is 18.8 Å². The molecule has 3 heteroatoms. The Balaban J connectivity index is 1.92. The molecule has 1 aromatic carbocycles. The highest BCUT2D eigenvalue weighted by Crippen LogP contribution is 2.33. The molecule has 0 saturated carbocycles. The highest BCUT2D eigenvalue weighted by atomic mass is 16.5. The van der Waals surface area contributed by atoms with Gasteiger partial charge in [0.2, 0.25) is 11.7 Å². The van der Waals surface area contributed by atoms with E-state index in [0.29, 0.717) is 11.7 Å². The van der Waals surface area contributed by atoms with Gasteiger partial charge in [-0.3, -0.25) is 0 Å². The topological polar surface area (TPSA) is 38.9 Å². The summed E-state index contributed by atoms with van der Waals surface area (Å²) in [5.74, 6) is 2.84. The van der Waals surface area contributed by atoms with Crippen molar-refractivity contribution in [3.63, 3.8) is 0 Å². The molecule has 0 aliphatic heterocycles. The van der Waals surface area contributed by atoms with Crippen molar-refractivity contribution in [3.05, 3.63) is 35.2 Å². The molecular formula is C15H18N2O. The number of fused-ring (bicyclic) bond motifs is 1. The van der Waals surface area contributed by atoms with E-state index in [9.17, 15) is 0 Å². The average molecular weight is 242 g/mol. The largest absolute Gasteiger partial charge is 0.339 e. The van der Waals surface area contributed by atoms with Crippen LogP contribution in [0.1, 0.15) is 30.9 Å². The van der Waals surface area contributed by atoms with Crippen molar-refractivity contribution in [2.24, 2.45) is 11.8 Å². The van der Waals surface area contributed by atoms with Gasteiger partial charge in [0.25, 0.3) is 0 Å². The Hall–Kier alpha value is -1.64. The number of hydrogen-bond acceptors (Lipinski definition) is 3. The van der Waals surface area contributed by atoms with E-state index in [2.05, 4.69) is 42.2 Å². The van der Waals surface area contributed by atoms with E-state index in [1.807, 2.05) is 6.92 Å². The Morgan fingerprint density at radius 2 is 2.00 bits per heavy atom. The van der Waals surface area contributed by atoms with Crippen LogP contribution in [0.15, 0.2) is 22.7 Å². The van der Waals surface area contributed by atoms with Gasteiger partial charge in [-0.15, -0.1) is 0 Å². The van der Waals surface area contributed by atoms with Gasteiger partial charge < -0.3 is 4.52 Å². The van der Waals surface area contributed by atoms with Crippen molar-refractivity contribution in [3.8, 4) is 11.4 Å². The maximum Gasteiger partial charge on any atom is 0.223 e. The third-order valence-electron chi connectivity index (χ3n) is 3.90. The van der Waals surface area contributed by atoms with Crippen molar-refractivity contribution in [2.75, 3.05) is 0 Å². The van der Waals surface area contributed by atoms with Gasteiger partial charge in [-0.05, 0) is 41.9 Å². The summed E-state index contributed by atoms with van der Waals surface area (Å²) in [6, 6.07) is 6.55. The molecule has 1 aliphatic carbocycles. The zero-order valence-corrected chi connectivity index (χ0v) is 11.1. The molecule has 0 N–H and O–H groups in total. The van der Waals surface area contributed by atoms with Gasteiger partial charge in [-0.1, -0.05) is 31.1 Å². The first-order chi connectivity index (χ1) is 8.63. The average Bonchev–Trinajstić information content (AvgIpc) is 2.93. The molecule has 1 aromatic heterocycles. The summed E-state index contributed by atoms with van der Waals surface area (Å²) in [6.45, 7) is 6.43. The van der Waals surface area contributed by atoms with E-state index >= 15 is 0 Å². The van der Waals surface area contributed by atoms with Gasteiger partial charge >= 0.3 is 0 Å². The van der Waals surface area contributed by atoms with Crippen LogP contribution in [0.5, 0.6) is 0 Å². The van der Waals surface area contributed by atoms with Crippen LogP contribution in [0.3, 0.4) is 0 Å². The molecule has 3 rings (SSSR count). The van der Waals surface area contributed by atoms with Gasteiger partial charge in [0.05, 0.1) is 0 Å². The second kappa shape index (κ2) is 4.23. The Bertz CT molecular complexity index is 572. The van der Waals surface area contributed by atoms with E-state index in [1.165, 1.54) is 24.0 Å². The summed E-state index contributed by atoms with van der Waals surface area (Å²) in [4.78, 5) is 4.28. The van der Waals surface area contributed by atoms with Gasteiger partial charge in [-0.25, -0.2) is 0 Å². The normalized spacial score (nSPS) is 18.3. The van der Waals surface area contributed by atoms with Crippen LogP contribution < -0.4 is 0 Å². The molecule has 18 heavy (non-hydrogen) atoms. The van der Waals surface area contributed by atoms with E-state index in [4.69, 9.17) is 4.52 Å². The van der Waals surface area contributed by atoms with Crippen molar-refractivity contribution in [1.82, 2.24) is 10.1 Å². The quantitative estimate of drug-likeness (QED) is 0.810. The fourth-order valence-electron chi connectivity index (χ4n) is 2.68. The van der Waals surface area contributed by atoms with Crippen LogP contribution >= 0.6 is 0 Å². The zero-order chi connectivity index (χ0) is 12.7. The van der Waals surface area contributed by atoms with Crippen molar-refractivity contribution >= 4 is 0 Å². The SMILES string of the molecule is Cc1nc(-c2ccc3c(c2)CC(C(C)C)C3)no1. The van der Waals surface area contributed by atoms with Crippen molar-refractivity contribution < 1.29 is 4.52 Å². The van der Waals surface area contributed by atoms with Crippen LogP contribution in [0.25, 0.3) is 11.4 Å². The number of nitrogens with zero attached hydrogens (tertiary/aromatic N) is 2. The lowest BCUT2D eigenvalue weighted by Gasteiger charge is -2.12. The van der Waals surface area contributed by atoms with Crippen molar-refractivity contribution in [1.29, 1.82) is 0 Å². The smallest absolute Gasteiger partial charge is 0.223 e. The van der Waals surface area contributed by atoms with E-state index in [-0.39, 0.29) is 0 Å². The summed E-state index contributed by atoms with van der Waals surface area (Å²) in [5.41, 5.74) is 4.00. The molecule has 2 aromatic rings. The maximum absolute atomic E-state index is 5.04. The predicted molar refractivity (Wildman–Crippen MR) is 70.2 cm³/mol. The Kier molecular flexibility index (Phi) is 2.69. The third kappa shape index (κ3) is 1.94. The van der Waals surface area contributed by atoms with Gasteiger partial charge in [0, 0.05) is 12.5 Å². The van der Waals surface area contributed by atoms with Crippen LogP contribution in [-0.4, -0.2) is 10.1 Å². The second-order valence-electron chi connectivity index (χ2n) is 5.53. The minimum atomic E-state index is 0.616. The fraction of sp³-hybridized carbons (Fsp3) is 0.467. The Morgan fingerprint density at radius 1 is 1.22 bits per heavy atom. The maximum atomic E-state index is 5.04. The van der Waals surface area contributed by atoms with Crippen LogP contribution in [0.4, 0.5) is 0 Å². The lowest BCUT2D eigenvalue weighted by Crippen LogP contribution is -2.07. The molecule has 1 atom stereocenters. The fourth-order valence-corrected chi connectivity index (χ4v) is 2.68. The lowest BCUT2D eigenvalue weighted by atomic mass is 9.93. The molecule has 0 fully saturated rings. The molecule has 1 heterocycles. The molecule has 1 unspecified atom stereocenters. The molecule has 0 bridgehead atoms. The van der Waals surface area contributed by atoms with E-state index in [0.717, 1.165) is 17.4 Å². The summed E-state index contributed by atoms with van der Waals surface area (Å²) in [5, 5.41) is 3.98. The number of aryl methyl sites for hydroxylation is 1. The number of hydrogen-bond donors (Lipinski definition) is 0. The first kappa shape index (κ1) is 11.5. The molecule has 0 saturated heterocycles. The lowest BCUT2D eigenvalue weighted by molar-refractivity contribution is 0.394. The monoisotopic (exact) mass is 242 g/mol. The van der Waals surface area contributed by atoms with Gasteiger partial charge in [0.15, 0.2) is 0 Å². The van der Waals surface area contributed by atoms with Crippen molar-refractivity contribution in [2.45, 2.75) is 33.6 Å². The Morgan fingerprint density at radius 3 is 2.67 bits per heavy atom. The second-order valence-corrected chi connectivity index (χ2v) is 5.53. The van der Waals surface area contributed by atoms with Gasteiger partial charge in [0.1, 0.15) is 0 Å².